The Balaban J connectivity index is 1.78. The summed E-state index contributed by atoms with van der Waals surface area (Å²) in [6, 6.07) is 10.0. The number of rotatable bonds is 5. The number of thiophene rings is 1. The summed E-state index contributed by atoms with van der Waals surface area (Å²) in [5.74, 6) is 0.498. The Morgan fingerprint density at radius 3 is 2.74 bits per heavy atom. The fourth-order valence-electron chi connectivity index (χ4n) is 2.44. The number of thioether (sulfide) groups is 1. The second-order valence-electron chi connectivity index (χ2n) is 5.31. The zero-order chi connectivity index (χ0) is 16.4. The molecule has 3 rings (SSSR count). The first-order valence-electron chi connectivity index (χ1n) is 7.25. The molecule has 1 aromatic carbocycles. The molecular formula is C17H17N3OS2. The van der Waals surface area contributed by atoms with Crippen molar-refractivity contribution < 1.29 is 4.79 Å². The van der Waals surface area contributed by atoms with Crippen LogP contribution in [0.1, 0.15) is 25.7 Å². The van der Waals surface area contributed by atoms with E-state index in [0.29, 0.717) is 5.75 Å². The number of hydrogen-bond acceptors (Lipinski definition) is 5. The van der Waals surface area contributed by atoms with Crippen LogP contribution in [0.15, 0.2) is 41.8 Å². The first kappa shape index (κ1) is 16.0. The summed E-state index contributed by atoms with van der Waals surface area (Å²) in [4.78, 5) is 14.7. The topological polar surface area (TPSA) is 47.8 Å². The van der Waals surface area contributed by atoms with Crippen LogP contribution in [0.5, 0.6) is 0 Å². The number of aromatic nitrogens is 3. The molecule has 6 heteroatoms. The van der Waals surface area contributed by atoms with E-state index < -0.39 is 0 Å². The summed E-state index contributed by atoms with van der Waals surface area (Å²) in [6.45, 7) is 6.06. The molecule has 0 amide bonds. The van der Waals surface area contributed by atoms with Crippen molar-refractivity contribution in [1.29, 1.82) is 0 Å². The molecule has 0 saturated carbocycles. The largest absolute Gasteiger partial charge is 0.293 e. The Bertz CT molecular complexity index is 851. The maximum absolute atomic E-state index is 12.4. The minimum absolute atomic E-state index is 0.135. The van der Waals surface area contributed by atoms with Crippen molar-refractivity contribution in [1.82, 2.24) is 14.8 Å². The van der Waals surface area contributed by atoms with Gasteiger partial charge < -0.3 is 0 Å². The maximum Gasteiger partial charge on any atom is 0.196 e. The van der Waals surface area contributed by atoms with E-state index in [1.54, 1.807) is 17.7 Å². The third kappa shape index (κ3) is 3.38. The lowest BCUT2D eigenvalue weighted by Gasteiger charge is -2.08. The van der Waals surface area contributed by atoms with Crippen molar-refractivity contribution in [2.75, 3.05) is 5.75 Å². The quantitative estimate of drug-likeness (QED) is 0.514. The van der Waals surface area contributed by atoms with Crippen LogP contribution in [-0.2, 0) is 0 Å². The number of Topliss-reactive ketones (excluding diaryl/α,β-unsaturated/α-hetero) is 1. The van der Waals surface area contributed by atoms with Gasteiger partial charge in [-0.2, -0.15) is 0 Å². The predicted molar refractivity (Wildman–Crippen MR) is 94.9 cm³/mol. The molecule has 0 bridgehead atoms. The third-order valence-electron chi connectivity index (χ3n) is 3.57. The summed E-state index contributed by atoms with van der Waals surface area (Å²) in [5, 5.41) is 8.88. The molecule has 0 N–H and O–H groups in total. The Labute approximate surface area is 143 Å². The molecule has 2 aromatic heterocycles. The van der Waals surface area contributed by atoms with E-state index >= 15 is 0 Å². The SMILES string of the molecule is Cc1cc(C(=O)CSc2nncn2-c2ccccc2C)c(C)s1. The molecular weight excluding hydrogens is 326 g/mol. The van der Waals surface area contributed by atoms with Crippen LogP contribution in [0.4, 0.5) is 0 Å². The van der Waals surface area contributed by atoms with Crippen LogP contribution in [-0.4, -0.2) is 26.3 Å². The number of carbonyl (C=O) groups is 1. The predicted octanol–water partition coefficient (Wildman–Crippen LogP) is 4.23. The molecule has 2 heterocycles. The number of nitrogens with zero attached hydrogens (tertiary/aromatic N) is 3. The number of hydrogen-bond donors (Lipinski definition) is 0. The molecule has 0 radical (unpaired) electrons. The third-order valence-corrected chi connectivity index (χ3v) is 5.47. The highest BCUT2D eigenvalue weighted by Gasteiger charge is 2.15. The van der Waals surface area contributed by atoms with Crippen molar-refractivity contribution >= 4 is 28.9 Å². The van der Waals surface area contributed by atoms with E-state index in [-0.39, 0.29) is 5.78 Å². The van der Waals surface area contributed by atoms with E-state index in [1.165, 1.54) is 16.6 Å². The fraction of sp³-hybridized carbons (Fsp3) is 0.235. The highest BCUT2D eigenvalue weighted by atomic mass is 32.2. The van der Waals surface area contributed by atoms with Crippen LogP contribution >= 0.6 is 23.1 Å². The molecule has 3 aromatic rings. The highest BCUT2D eigenvalue weighted by molar-refractivity contribution is 7.99. The van der Waals surface area contributed by atoms with Gasteiger partial charge in [-0.1, -0.05) is 30.0 Å². The summed E-state index contributed by atoms with van der Waals surface area (Å²) >= 11 is 3.08. The van der Waals surface area contributed by atoms with Crippen molar-refractivity contribution in [3.8, 4) is 5.69 Å². The van der Waals surface area contributed by atoms with Gasteiger partial charge in [0.05, 0.1) is 11.4 Å². The van der Waals surface area contributed by atoms with Gasteiger partial charge >= 0.3 is 0 Å². The lowest BCUT2D eigenvalue weighted by atomic mass is 10.2. The van der Waals surface area contributed by atoms with Gasteiger partial charge in [-0.3, -0.25) is 9.36 Å². The second-order valence-corrected chi connectivity index (χ2v) is 7.71. The highest BCUT2D eigenvalue weighted by Crippen LogP contribution is 2.25. The Hall–Kier alpha value is -1.92. The van der Waals surface area contributed by atoms with Crippen LogP contribution in [0.3, 0.4) is 0 Å². The standard InChI is InChI=1S/C17H17N3OS2/c1-11-6-4-5-7-15(11)20-10-18-19-17(20)22-9-16(21)14-8-12(2)23-13(14)3/h4-8,10H,9H2,1-3H3. The van der Waals surface area contributed by atoms with E-state index in [1.807, 2.05) is 55.7 Å². The number of aryl methyl sites for hydroxylation is 3. The molecule has 0 unspecified atom stereocenters. The van der Waals surface area contributed by atoms with E-state index in [2.05, 4.69) is 10.2 Å². The minimum atomic E-state index is 0.135. The summed E-state index contributed by atoms with van der Waals surface area (Å²) in [5.41, 5.74) is 3.00. The van der Waals surface area contributed by atoms with E-state index in [9.17, 15) is 4.79 Å². The maximum atomic E-state index is 12.4. The number of benzene rings is 1. The molecule has 0 spiro atoms. The average Bonchev–Trinajstić information content (AvgIpc) is 3.11. The van der Waals surface area contributed by atoms with Crippen molar-refractivity contribution in [2.24, 2.45) is 0 Å². The lowest BCUT2D eigenvalue weighted by Crippen LogP contribution is -2.04. The van der Waals surface area contributed by atoms with Crippen LogP contribution in [0.2, 0.25) is 0 Å². The van der Waals surface area contributed by atoms with Gasteiger partial charge in [-0.05, 0) is 38.5 Å². The molecule has 118 valence electrons. The normalized spacial score (nSPS) is 10.9. The first-order valence-corrected chi connectivity index (χ1v) is 9.05. The van der Waals surface area contributed by atoms with Crippen molar-refractivity contribution in [2.45, 2.75) is 25.9 Å². The van der Waals surface area contributed by atoms with Crippen LogP contribution in [0.25, 0.3) is 5.69 Å². The van der Waals surface area contributed by atoms with Gasteiger partial charge in [0.1, 0.15) is 6.33 Å². The van der Waals surface area contributed by atoms with Gasteiger partial charge in [0.15, 0.2) is 10.9 Å². The zero-order valence-corrected chi connectivity index (χ0v) is 14.9. The van der Waals surface area contributed by atoms with Crippen molar-refractivity contribution in [3.63, 3.8) is 0 Å². The van der Waals surface area contributed by atoms with Crippen LogP contribution < -0.4 is 0 Å². The number of ketones is 1. The first-order chi connectivity index (χ1) is 11.1. The summed E-state index contributed by atoms with van der Waals surface area (Å²) in [6.07, 6.45) is 1.69. The molecule has 0 aliphatic carbocycles. The Kier molecular flexibility index (Phi) is 4.63. The molecule has 0 aliphatic heterocycles. The molecule has 0 atom stereocenters. The summed E-state index contributed by atoms with van der Waals surface area (Å²) < 4.78 is 1.93. The zero-order valence-electron chi connectivity index (χ0n) is 13.2. The molecule has 0 saturated heterocycles. The average molecular weight is 343 g/mol. The summed E-state index contributed by atoms with van der Waals surface area (Å²) in [7, 11) is 0. The molecule has 0 fully saturated rings. The molecule has 0 aliphatic rings. The monoisotopic (exact) mass is 343 g/mol. The van der Waals surface area contributed by atoms with Gasteiger partial charge in [0.25, 0.3) is 0 Å². The molecule has 23 heavy (non-hydrogen) atoms. The van der Waals surface area contributed by atoms with Crippen molar-refractivity contribution in [3.05, 3.63) is 57.5 Å². The Morgan fingerprint density at radius 1 is 1.26 bits per heavy atom. The minimum Gasteiger partial charge on any atom is -0.293 e. The lowest BCUT2D eigenvalue weighted by molar-refractivity contribution is 0.102. The van der Waals surface area contributed by atoms with Crippen LogP contribution in [0, 0.1) is 20.8 Å². The van der Waals surface area contributed by atoms with Gasteiger partial charge in [0, 0.05) is 15.3 Å². The number of carbonyl (C=O) groups excluding carboxylic acids is 1. The van der Waals surface area contributed by atoms with Gasteiger partial charge in [0.2, 0.25) is 0 Å². The van der Waals surface area contributed by atoms with Gasteiger partial charge in [-0.25, -0.2) is 0 Å². The second kappa shape index (κ2) is 6.68. The Morgan fingerprint density at radius 2 is 2.04 bits per heavy atom. The van der Waals surface area contributed by atoms with E-state index in [0.717, 1.165) is 26.8 Å². The smallest absolute Gasteiger partial charge is 0.196 e. The fourth-order valence-corrected chi connectivity index (χ4v) is 4.18. The van der Waals surface area contributed by atoms with E-state index in [4.69, 9.17) is 0 Å². The number of para-hydroxylation sites is 1. The molecule has 4 nitrogen and oxygen atoms in total. The van der Waals surface area contributed by atoms with Gasteiger partial charge in [-0.15, -0.1) is 21.5 Å².